The van der Waals surface area contributed by atoms with Crippen molar-refractivity contribution in [1.82, 2.24) is 4.98 Å². The van der Waals surface area contributed by atoms with Crippen LogP contribution in [0.25, 0.3) is 11.3 Å². The van der Waals surface area contributed by atoms with Crippen molar-refractivity contribution in [2.75, 3.05) is 0 Å². The first-order chi connectivity index (χ1) is 11.3. The minimum absolute atomic E-state index is 0.0315. The van der Waals surface area contributed by atoms with Crippen molar-refractivity contribution in [3.05, 3.63) is 48.1 Å². The van der Waals surface area contributed by atoms with Crippen LogP contribution in [0.1, 0.15) is 31.8 Å². The van der Waals surface area contributed by atoms with E-state index >= 15 is 0 Å². The maximum absolute atomic E-state index is 8.18. The summed E-state index contributed by atoms with van der Waals surface area (Å²) in [6.45, 7) is 13.5. The lowest BCUT2D eigenvalue weighted by molar-refractivity contribution is 0.412. The van der Waals surface area contributed by atoms with Crippen LogP contribution in [-0.4, -0.2) is 13.1 Å². The third kappa shape index (κ3) is 4.27. The molecule has 0 amide bonds. The Morgan fingerprint density at radius 2 is 1.86 bits per heavy atom. The van der Waals surface area contributed by atoms with Gasteiger partial charge in [0.15, 0.2) is 0 Å². The van der Waals surface area contributed by atoms with Crippen LogP contribution in [0.4, 0.5) is 0 Å². The van der Waals surface area contributed by atoms with Gasteiger partial charge >= 0.3 is 0 Å². The monoisotopic (exact) mass is 301 g/mol. The average molecular weight is 302 g/mol. The predicted molar refractivity (Wildman–Crippen MR) is 95.8 cm³/mol. The van der Waals surface area contributed by atoms with Crippen molar-refractivity contribution in [2.24, 2.45) is 5.41 Å². The Bertz CT molecular complexity index is 805. The molecule has 2 heteroatoms. The van der Waals surface area contributed by atoms with Crippen molar-refractivity contribution in [3.63, 3.8) is 0 Å². The summed E-state index contributed by atoms with van der Waals surface area (Å²) in [7, 11) is -1.56. The van der Waals surface area contributed by atoms with Gasteiger partial charge in [0.2, 0.25) is 0 Å². The third-order valence-electron chi connectivity index (χ3n) is 3.34. The lowest BCUT2D eigenvalue weighted by Gasteiger charge is -2.26. The van der Waals surface area contributed by atoms with Crippen LogP contribution in [-0.2, 0) is 6.42 Å². The van der Waals surface area contributed by atoms with E-state index < -0.39 is 8.07 Å². The molecule has 0 fully saturated rings. The fraction of sp³-hybridized carbons (Fsp3) is 0.421. The maximum atomic E-state index is 8.18. The number of nitrogens with zero attached hydrogens (tertiary/aromatic N) is 1. The van der Waals surface area contributed by atoms with Gasteiger partial charge in [0.25, 0.3) is 0 Å². The Morgan fingerprint density at radius 3 is 2.48 bits per heavy atom. The molecule has 112 valence electrons. The second-order valence-electron chi connectivity index (χ2n) is 7.79. The van der Waals surface area contributed by atoms with Gasteiger partial charge in [-0.3, -0.25) is 4.98 Å². The van der Waals surface area contributed by atoms with E-state index in [1.807, 2.05) is 12.3 Å². The fourth-order valence-corrected chi connectivity index (χ4v) is 4.03. The zero-order chi connectivity index (χ0) is 19.2. The van der Waals surface area contributed by atoms with Crippen LogP contribution in [0.2, 0.25) is 19.6 Å². The number of hydrogen-bond acceptors (Lipinski definition) is 1. The normalized spacial score (nSPS) is 15.1. The van der Waals surface area contributed by atoms with Crippen molar-refractivity contribution >= 4 is 13.3 Å². The summed E-state index contributed by atoms with van der Waals surface area (Å²) >= 11 is 0. The van der Waals surface area contributed by atoms with Gasteiger partial charge in [0, 0.05) is 11.8 Å². The molecule has 2 rings (SSSR count). The third-order valence-corrected chi connectivity index (χ3v) is 5.41. The van der Waals surface area contributed by atoms with Crippen molar-refractivity contribution in [2.45, 2.75) is 46.8 Å². The van der Waals surface area contributed by atoms with E-state index in [1.165, 1.54) is 16.8 Å². The smallest absolute Gasteiger partial charge is 0.0799 e. The molecule has 0 saturated carbocycles. The molecule has 1 nitrogen and oxygen atoms in total. The van der Waals surface area contributed by atoms with Crippen molar-refractivity contribution in [1.29, 1.82) is 0 Å². The van der Waals surface area contributed by atoms with Gasteiger partial charge in [-0.15, -0.1) is 0 Å². The number of hydrogen-bond donors (Lipinski definition) is 0. The Balaban J connectivity index is 2.68. The van der Waals surface area contributed by atoms with Crippen LogP contribution in [0.5, 0.6) is 0 Å². The zero-order valence-corrected chi connectivity index (χ0v) is 14.9. The highest BCUT2D eigenvalue weighted by molar-refractivity contribution is 6.89. The Hall–Kier alpha value is -1.41. The summed E-state index contributed by atoms with van der Waals surface area (Å²) in [6.07, 6.45) is 2.83. The van der Waals surface area contributed by atoms with Crippen LogP contribution < -0.4 is 5.19 Å². The first kappa shape index (κ1) is 11.2. The molecular weight excluding hydrogens is 270 g/mol. The number of aromatic nitrogens is 1. The summed E-state index contributed by atoms with van der Waals surface area (Å²) in [5.41, 5.74) is 2.45. The van der Waals surface area contributed by atoms with Crippen LogP contribution >= 0.6 is 0 Å². The Morgan fingerprint density at radius 1 is 1.14 bits per heavy atom. The molecule has 0 atom stereocenters. The van der Waals surface area contributed by atoms with Crippen LogP contribution in [0, 0.1) is 5.41 Å². The molecule has 0 spiro atoms. The SMILES string of the molecule is [2H]c1cc(-c2cc(CC(C)(C)C)c([Si](C)(C)C)cn2)c([2H])c([2H])c1[2H]. The van der Waals surface area contributed by atoms with Crippen LogP contribution in [0.3, 0.4) is 0 Å². The fourth-order valence-electron chi connectivity index (χ4n) is 2.45. The first-order valence-electron chi connectivity index (χ1n) is 9.38. The summed E-state index contributed by atoms with van der Waals surface area (Å²) in [4.78, 5) is 4.57. The molecule has 1 aromatic heterocycles. The second kappa shape index (κ2) is 5.76. The molecule has 0 aliphatic carbocycles. The van der Waals surface area contributed by atoms with E-state index in [-0.39, 0.29) is 29.6 Å². The Kier molecular flexibility index (Phi) is 3.07. The average Bonchev–Trinajstić information content (AvgIpc) is 2.46. The second-order valence-corrected chi connectivity index (χ2v) is 12.8. The standard InChI is InChI=1S/C19H27NSi/c1-19(2,3)13-16-12-17(15-10-8-7-9-11-15)20-14-18(16)21(4,5)6/h7-12,14H,13H2,1-6H3/i7D,8D,9D,10D. The maximum Gasteiger partial charge on any atom is 0.0799 e. The lowest BCUT2D eigenvalue weighted by atomic mass is 9.88. The number of benzene rings is 1. The number of pyridine rings is 1. The van der Waals surface area contributed by atoms with E-state index in [1.54, 1.807) is 0 Å². The highest BCUT2D eigenvalue weighted by Gasteiger charge is 2.24. The molecule has 0 saturated heterocycles. The van der Waals surface area contributed by atoms with Crippen molar-refractivity contribution in [3.8, 4) is 11.3 Å². The van der Waals surface area contributed by atoms with E-state index in [0.29, 0.717) is 11.3 Å². The first-order valence-corrected chi connectivity index (χ1v) is 10.9. The minimum Gasteiger partial charge on any atom is -0.256 e. The van der Waals surface area contributed by atoms with Gasteiger partial charge in [-0.25, -0.2) is 0 Å². The summed E-state index contributed by atoms with van der Waals surface area (Å²) < 4.78 is 31.7. The van der Waals surface area contributed by atoms with E-state index in [4.69, 9.17) is 5.48 Å². The molecule has 0 aliphatic rings. The Labute approximate surface area is 136 Å². The predicted octanol–water partition coefficient (Wildman–Crippen LogP) is 4.88. The lowest BCUT2D eigenvalue weighted by Crippen LogP contribution is -2.41. The van der Waals surface area contributed by atoms with Crippen LogP contribution in [0.15, 0.2) is 42.5 Å². The van der Waals surface area contributed by atoms with E-state index in [9.17, 15) is 0 Å². The highest BCUT2D eigenvalue weighted by atomic mass is 28.3. The van der Waals surface area contributed by atoms with E-state index in [2.05, 4.69) is 45.4 Å². The molecule has 0 unspecified atom stereocenters. The number of rotatable bonds is 3. The summed E-state index contributed by atoms with van der Waals surface area (Å²) in [5, 5.41) is 1.31. The largest absolute Gasteiger partial charge is 0.256 e. The van der Waals surface area contributed by atoms with Gasteiger partial charge in [-0.1, -0.05) is 70.6 Å². The molecule has 1 aromatic carbocycles. The van der Waals surface area contributed by atoms with Crippen molar-refractivity contribution < 1.29 is 5.48 Å². The molecule has 0 N–H and O–H groups in total. The van der Waals surface area contributed by atoms with E-state index in [0.717, 1.165) is 6.42 Å². The minimum atomic E-state index is -1.56. The zero-order valence-electron chi connectivity index (χ0n) is 17.9. The summed E-state index contributed by atoms with van der Waals surface area (Å²) in [6, 6.07) is 3.02. The van der Waals surface area contributed by atoms with Gasteiger partial charge in [-0.05, 0) is 28.7 Å². The highest BCUT2D eigenvalue weighted by Crippen LogP contribution is 2.24. The van der Waals surface area contributed by atoms with Gasteiger partial charge in [0.05, 0.1) is 19.3 Å². The molecule has 2 aromatic rings. The molecule has 1 heterocycles. The molecule has 21 heavy (non-hydrogen) atoms. The topological polar surface area (TPSA) is 12.9 Å². The summed E-state index contributed by atoms with van der Waals surface area (Å²) in [5.74, 6) is 0. The quantitative estimate of drug-likeness (QED) is 0.736. The van der Waals surface area contributed by atoms with Gasteiger partial charge in [0.1, 0.15) is 0 Å². The molecule has 0 bridgehead atoms. The molecule has 0 aliphatic heterocycles. The van der Waals surface area contributed by atoms with Gasteiger partial charge < -0.3 is 0 Å². The van der Waals surface area contributed by atoms with Gasteiger partial charge in [-0.2, -0.15) is 0 Å². The molecular formula is C19H27NSi. The molecule has 0 radical (unpaired) electrons.